The van der Waals surface area contributed by atoms with E-state index in [2.05, 4.69) is 11.7 Å². The zero-order chi connectivity index (χ0) is 20.8. The van der Waals surface area contributed by atoms with Crippen LogP contribution in [0.25, 0.3) is 0 Å². The predicted octanol–water partition coefficient (Wildman–Crippen LogP) is 2.33. The van der Waals surface area contributed by atoms with E-state index in [0.29, 0.717) is 18.9 Å². The molecule has 150 valence electrons. The first-order valence-corrected chi connectivity index (χ1v) is 9.28. The number of benzene rings is 2. The van der Waals surface area contributed by atoms with Crippen molar-refractivity contribution < 1.29 is 14.3 Å². The summed E-state index contributed by atoms with van der Waals surface area (Å²) in [6.45, 7) is 4.47. The fraction of sp³-hybridized carbons (Fsp3) is 0.227. The summed E-state index contributed by atoms with van der Waals surface area (Å²) in [5.74, 6) is -0.00886. The van der Waals surface area contributed by atoms with E-state index in [0.717, 1.165) is 17.0 Å². The third-order valence-electron chi connectivity index (χ3n) is 4.56. The van der Waals surface area contributed by atoms with E-state index in [9.17, 15) is 9.59 Å². The molecule has 2 aromatic carbocycles. The molecular formula is C22H24N4O3. The molecule has 2 amide bonds. The van der Waals surface area contributed by atoms with Crippen molar-refractivity contribution in [3.63, 3.8) is 0 Å². The number of hydrazone groups is 1. The van der Waals surface area contributed by atoms with E-state index in [1.54, 1.807) is 18.0 Å². The standard InChI is InChI=1S/C22H24N4O3/c1-3-13-29-18-11-9-16(10-12-18)15-25(2)22(28)19-14-20(21(23)27)26(24-19)17-7-5-4-6-8-17/h3-12,20H,1,13-15H2,2H3,(H2,23,27). The van der Waals surface area contributed by atoms with Crippen molar-refractivity contribution >= 4 is 23.2 Å². The molecule has 1 heterocycles. The summed E-state index contributed by atoms with van der Waals surface area (Å²) in [6, 6.07) is 16.0. The van der Waals surface area contributed by atoms with Gasteiger partial charge in [-0.1, -0.05) is 43.0 Å². The molecule has 2 N–H and O–H groups in total. The van der Waals surface area contributed by atoms with Crippen molar-refractivity contribution in [3.05, 3.63) is 72.8 Å². The van der Waals surface area contributed by atoms with Gasteiger partial charge in [0.2, 0.25) is 5.91 Å². The Hall–Kier alpha value is -3.61. The number of carbonyl (C=O) groups excluding carboxylic acids is 2. The molecule has 0 radical (unpaired) electrons. The molecule has 3 rings (SSSR count). The van der Waals surface area contributed by atoms with E-state index in [1.807, 2.05) is 54.6 Å². The Morgan fingerprint density at radius 3 is 2.55 bits per heavy atom. The van der Waals surface area contributed by atoms with Crippen LogP contribution in [0.15, 0.2) is 72.4 Å². The van der Waals surface area contributed by atoms with Gasteiger partial charge in [-0.15, -0.1) is 0 Å². The first kappa shape index (κ1) is 20.1. The van der Waals surface area contributed by atoms with Gasteiger partial charge in [-0.2, -0.15) is 5.10 Å². The lowest BCUT2D eigenvalue weighted by Crippen LogP contribution is -2.40. The van der Waals surface area contributed by atoms with E-state index in [-0.39, 0.29) is 12.3 Å². The van der Waals surface area contributed by atoms with Crippen LogP contribution in [-0.4, -0.2) is 42.1 Å². The summed E-state index contributed by atoms with van der Waals surface area (Å²) in [5.41, 5.74) is 7.53. The SMILES string of the molecule is C=CCOc1ccc(CN(C)C(=O)C2=NN(c3ccccc3)C(C(N)=O)C2)cc1. The maximum atomic E-state index is 12.9. The van der Waals surface area contributed by atoms with E-state index in [4.69, 9.17) is 10.5 Å². The highest BCUT2D eigenvalue weighted by Crippen LogP contribution is 2.25. The number of rotatable bonds is 8. The Kier molecular flexibility index (Phi) is 6.29. The summed E-state index contributed by atoms with van der Waals surface area (Å²) >= 11 is 0. The molecule has 0 spiro atoms. The zero-order valence-corrected chi connectivity index (χ0v) is 16.3. The number of hydrogen-bond acceptors (Lipinski definition) is 5. The van der Waals surface area contributed by atoms with Crippen LogP contribution < -0.4 is 15.5 Å². The van der Waals surface area contributed by atoms with Crippen molar-refractivity contribution in [3.8, 4) is 5.75 Å². The first-order valence-electron chi connectivity index (χ1n) is 9.28. The van der Waals surface area contributed by atoms with Crippen molar-refractivity contribution in [2.75, 3.05) is 18.7 Å². The third kappa shape index (κ3) is 4.82. The molecule has 0 aliphatic carbocycles. The quantitative estimate of drug-likeness (QED) is 0.699. The van der Waals surface area contributed by atoms with Crippen LogP contribution in [0, 0.1) is 0 Å². The van der Waals surface area contributed by atoms with Gasteiger partial charge in [-0.25, -0.2) is 0 Å². The van der Waals surface area contributed by atoms with Gasteiger partial charge in [-0.05, 0) is 29.8 Å². The van der Waals surface area contributed by atoms with Gasteiger partial charge >= 0.3 is 0 Å². The second-order valence-electron chi connectivity index (χ2n) is 6.75. The van der Waals surface area contributed by atoms with Crippen molar-refractivity contribution in [2.24, 2.45) is 10.8 Å². The number of nitrogens with two attached hydrogens (primary N) is 1. The highest BCUT2D eigenvalue weighted by Gasteiger charge is 2.35. The van der Waals surface area contributed by atoms with Gasteiger partial charge in [0.25, 0.3) is 5.91 Å². The first-order chi connectivity index (χ1) is 14.0. The second-order valence-corrected chi connectivity index (χ2v) is 6.75. The van der Waals surface area contributed by atoms with Gasteiger partial charge in [0.15, 0.2) is 0 Å². The fourth-order valence-electron chi connectivity index (χ4n) is 3.09. The number of carbonyl (C=O) groups is 2. The van der Waals surface area contributed by atoms with Crippen molar-refractivity contribution in [1.29, 1.82) is 0 Å². The van der Waals surface area contributed by atoms with Gasteiger partial charge in [0.1, 0.15) is 24.1 Å². The van der Waals surface area contributed by atoms with Crippen LogP contribution in [0.1, 0.15) is 12.0 Å². The third-order valence-corrected chi connectivity index (χ3v) is 4.56. The molecule has 29 heavy (non-hydrogen) atoms. The van der Waals surface area contributed by atoms with Crippen molar-refractivity contribution in [2.45, 2.75) is 19.0 Å². The zero-order valence-electron chi connectivity index (χ0n) is 16.3. The monoisotopic (exact) mass is 392 g/mol. The Morgan fingerprint density at radius 1 is 1.24 bits per heavy atom. The highest BCUT2D eigenvalue weighted by atomic mass is 16.5. The minimum atomic E-state index is -0.675. The number of nitrogens with zero attached hydrogens (tertiary/aromatic N) is 3. The van der Waals surface area contributed by atoms with Crippen LogP contribution in [-0.2, 0) is 16.1 Å². The normalized spacial score (nSPS) is 15.6. The topological polar surface area (TPSA) is 88.2 Å². The molecule has 1 unspecified atom stereocenters. The molecule has 0 fully saturated rings. The minimum Gasteiger partial charge on any atom is -0.490 e. The van der Waals surface area contributed by atoms with Crippen LogP contribution in [0.5, 0.6) is 5.75 Å². The average molecular weight is 392 g/mol. The van der Waals surface area contributed by atoms with Crippen LogP contribution in [0.2, 0.25) is 0 Å². The lowest BCUT2D eigenvalue weighted by Gasteiger charge is -2.20. The summed E-state index contributed by atoms with van der Waals surface area (Å²) < 4.78 is 5.46. The lowest BCUT2D eigenvalue weighted by atomic mass is 10.1. The molecule has 0 bridgehead atoms. The molecule has 0 saturated carbocycles. The molecule has 1 atom stereocenters. The Labute approximate surface area is 170 Å². The van der Waals surface area contributed by atoms with E-state index >= 15 is 0 Å². The number of amides is 2. The van der Waals surface area contributed by atoms with Gasteiger partial charge in [-0.3, -0.25) is 14.6 Å². The Morgan fingerprint density at radius 2 is 1.93 bits per heavy atom. The van der Waals surface area contributed by atoms with E-state index in [1.165, 1.54) is 5.01 Å². The van der Waals surface area contributed by atoms with Gasteiger partial charge < -0.3 is 15.4 Å². The summed E-state index contributed by atoms with van der Waals surface area (Å²) in [6.07, 6.45) is 1.86. The average Bonchev–Trinajstić information content (AvgIpc) is 3.19. The molecule has 2 aromatic rings. The maximum Gasteiger partial charge on any atom is 0.270 e. The molecule has 1 aliphatic heterocycles. The predicted molar refractivity (Wildman–Crippen MR) is 113 cm³/mol. The minimum absolute atomic E-state index is 0.182. The highest BCUT2D eigenvalue weighted by molar-refractivity contribution is 6.40. The molecule has 0 aromatic heterocycles. The van der Waals surface area contributed by atoms with Gasteiger partial charge in [0, 0.05) is 20.0 Å². The number of primary amides is 1. The van der Waals surface area contributed by atoms with Crippen molar-refractivity contribution in [1.82, 2.24) is 4.90 Å². The Bertz CT molecular complexity index is 909. The van der Waals surface area contributed by atoms with Crippen LogP contribution in [0.4, 0.5) is 5.69 Å². The molecular weight excluding hydrogens is 368 g/mol. The maximum absolute atomic E-state index is 12.9. The summed E-state index contributed by atoms with van der Waals surface area (Å²) in [4.78, 5) is 26.3. The lowest BCUT2D eigenvalue weighted by molar-refractivity contribution is -0.123. The number of hydrogen-bond donors (Lipinski definition) is 1. The van der Waals surface area contributed by atoms with E-state index < -0.39 is 11.9 Å². The number of anilines is 1. The van der Waals surface area contributed by atoms with Gasteiger partial charge in [0.05, 0.1) is 5.69 Å². The molecule has 7 heteroatoms. The summed E-state index contributed by atoms with van der Waals surface area (Å²) in [5, 5.41) is 5.92. The summed E-state index contributed by atoms with van der Waals surface area (Å²) in [7, 11) is 1.71. The number of ether oxygens (including phenoxy) is 1. The molecule has 7 nitrogen and oxygen atoms in total. The van der Waals surface area contributed by atoms with Crippen LogP contribution in [0.3, 0.4) is 0 Å². The number of para-hydroxylation sites is 1. The fourth-order valence-corrected chi connectivity index (χ4v) is 3.09. The smallest absolute Gasteiger partial charge is 0.270 e. The largest absolute Gasteiger partial charge is 0.490 e. The molecule has 0 saturated heterocycles. The Balaban J connectivity index is 1.70. The van der Waals surface area contributed by atoms with Crippen LogP contribution >= 0.6 is 0 Å². The second kappa shape index (κ2) is 9.05. The molecule has 1 aliphatic rings.